The number of nitro benzene ring substituents is 2. The van der Waals surface area contributed by atoms with Crippen molar-refractivity contribution in [3.8, 4) is 17.6 Å². The predicted octanol–water partition coefficient (Wildman–Crippen LogP) is 0.502. The van der Waals surface area contributed by atoms with Gasteiger partial charge in [0.25, 0.3) is 0 Å². The van der Waals surface area contributed by atoms with Crippen LogP contribution in [0.4, 0.5) is 17.1 Å². The van der Waals surface area contributed by atoms with Gasteiger partial charge in [0.05, 0.1) is 9.85 Å². The molecule has 1 aromatic rings. The van der Waals surface area contributed by atoms with Gasteiger partial charge in [-0.3, -0.25) is 31.1 Å². The largest absolute Gasteiger partial charge is 0.486 e. The van der Waals surface area contributed by atoms with Crippen LogP contribution in [0.1, 0.15) is 0 Å². The molecule has 0 bridgehead atoms. The van der Waals surface area contributed by atoms with E-state index in [1.165, 1.54) is 6.07 Å². The number of anilines is 1. The molecule has 1 aliphatic rings. The number of nitriles is 1. The Morgan fingerprint density at radius 2 is 1.96 bits per heavy atom. The summed E-state index contributed by atoms with van der Waals surface area (Å²) >= 11 is 0. The number of ether oxygens (including phenoxy) is 2. The second-order valence-corrected chi connectivity index (χ2v) is 4.26. The first-order chi connectivity index (χ1) is 11.4. The lowest BCUT2D eigenvalue weighted by Gasteiger charge is -2.18. The number of fused-ring (bicyclic) bond motifs is 1. The van der Waals surface area contributed by atoms with Gasteiger partial charge in [0, 0.05) is 6.07 Å². The smallest absolute Gasteiger partial charge is 0.393 e. The maximum atomic E-state index is 11.3. The molecule has 0 radical (unpaired) electrons. The fourth-order valence-electron chi connectivity index (χ4n) is 1.86. The third kappa shape index (κ3) is 2.97. The number of hydrogen-bond donors (Lipinski definition) is 3. The van der Waals surface area contributed by atoms with Gasteiger partial charge in [-0.2, -0.15) is 10.4 Å². The Balaban J connectivity index is 2.65. The highest BCUT2D eigenvalue weighted by molar-refractivity contribution is 6.45. The standard InChI is InChI=1S/C11H9N7O6/c12-4-6(11(13)14)16-15-5-3-7-10(24-2-1-23-7)9(18(21)22)8(5)17(19)20/h3,15H,1-2H2,(H3,13,14)/b16-6+. The lowest BCUT2D eigenvalue weighted by molar-refractivity contribution is -0.422. The van der Waals surface area contributed by atoms with Crippen LogP contribution in [0.5, 0.6) is 11.5 Å². The molecule has 0 amide bonds. The maximum Gasteiger partial charge on any atom is 0.393 e. The molecule has 1 heterocycles. The van der Waals surface area contributed by atoms with E-state index in [-0.39, 0.29) is 24.7 Å². The van der Waals surface area contributed by atoms with Crippen LogP contribution in [0.2, 0.25) is 0 Å². The molecule has 2 rings (SSSR count). The topological polar surface area (TPSA) is 203 Å². The van der Waals surface area contributed by atoms with Crippen LogP contribution < -0.4 is 20.6 Å². The summed E-state index contributed by atoms with van der Waals surface area (Å²) < 4.78 is 10.3. The Morgan fingerprint density at radius 1 is 1.33 bits per heavy atom. The van der Waals surface area contributed by atoms with E-state index in [2.05, 4.69) is 10.5 Å². The number of rotatable bonds is 5. The van der Waals surface area contributed by atoms with E-state index in [4.69, 9.17) is 25.9 Å². The van der Waals surface area contributed by atoms with Crippen LogP contribution in [-0.2, 0) is 0 Å². The van der Waals surface area contributed by atoms with Gasteiger partial charge in [0.2, 0.25) is 11.5 Å². The fraction of sp³-hybridized carbons (Fsp3) is 0.182. The molecular formula is C11H9N7O6. The van der Waals surface area contributed by atoms with Crippen molar-refractivity contribution in [2.75, 3.05) is 18.6 Å². The lowest BCUT2D eigenvalue weighted by Crippen LogP contribution is -2.22. The summed E-state index contributed by atoms with van der Waals surface area (Å²) in [5, 5.41) is 41.8. The number of nitrogens with zero attached hydrogens (tertiary/aromatic N) is 4. The number of nitrogens with one attached hydrogen (secondary N) is 2. The molecule has 0 unspecified atom stereocenters. The molecular weight excluding hydrogens is 326 g/mol. The first-order valence-corrected chi connectivity index (χ1v) is 6.20. The molecule has 1 aliphatic heterocycles. The van der Waals surface area contributed by atoms with Crippen LogP contribution in [0, 0.1) is 37.0 Å². The number of hydrogen-bond acceptors (Lipinski definition) is 10. The van der Waals surface area contributed by atoms with E-state index >= 15 is 0 Å². The Labute approximate surface area is 133 Å². The Kier molecular flexibility index (Phi) is 4.40. The molecule has 4 N–H and O–H groups in total. The van der Waals surface area contributed by atoms with Gasteiger partial charge in [-0.1, -0.05) is 0 Å². The minimum Gasteiger partial charge on any atom is -0.486 e. The first-order valence-electron chi connectivity index (χ1n) is 6.20. The molecule has 0 aromatic heterocycles. The molecule has 0 saturated carbocycles. The zero-order valence-electron chi connectivity index (χ0n) is 11.8. The second-order valence-electron chi connectivity index (χ2n) is 4.26. The Bertz CT molecular complexity index is 812. The van der Waals surface area contributed by atoms with Gasteiger partial charge in [-0.25, -0.2) is 0 Å². The summed E-state index contributed by atoms with van der Waals surface area (Å²) in [5.74, 6) is -1.13. The third-order valence-corrected chi connectivity index (χ3v) is 2.80. The summed E-state index contributed by atoms with van der Waals surface area (Å²) in [4.78, 5) is 20.5. The summed E-state index contributed by atoms with van der Waals surface area (Å²) in [6.07, 6.45) is 0. The van der Waals surface area contributed by atoms with Crippen LogP contribution in [0.3, 0.4) is 0 Å². The molecule has 0 atom stereocenters. The molecule has 0 saturated heterocycles. The first kappa shape index (κ1) is 16.4. The van der Waals surface area contributed by atoms with Crippen molar-refractivity contribution in [1.29, 1.82) is 10.7 Å². The zero-order chi connectivity index (χ0) is 17.9. The van der Waals surface area contributed by atoms with Gasteiger partial charge >= 0.3 is 11.4 Å². The summed E-state index contributed by atoms with van der Waals surface area (Å²) in [7, 11) is 0. The van der Waals surface area contributed by atoms with Crippen LogP contribution in [0.25, 0.3) is 0 Å². The number of hydrazone groups is 1. The van der Waals surface area contributed by atoms with Gasteiger partial charge < -0.3 is 15.2 Å². The SMILES string of the molecule is N#C/C(=N\Nc1cc2c(c([N+](=O)[O-])c1[N+](=O)[O-])OCCO2)C(=N)N. The number of nitrogens with two attached hydrogens (primary N) is 1. The number of nitro groups is 2. The monoisotopic (exact) mass is 335 g/mol. The Hall–Kier alpha value is -3.95. The van der Waals surface area contributed by atoms with Crippen molar-refractivity contribution in [2.45, 2.75) is 0 Å². The molecule has 124 valence electrons. The molecule has 0 fully saturated rings. The third-order valence-electron chi connectivity index (χ3n) is 2.80. The average molecular weight is 335 g/mol. The molecule has 1 aromatic carbocycles. The molecule has 0 aliphatic carbocycles. The fourth-order valence-corrected chi connectivity index (χ4v) is 1.86. The number of amidine groups is 1. The number of benzene rings is 1. The normalized spacial score (nSPS) is 12.9. The summed E-state index contributed by atoms with van der Waals surface area (Å²) in [6.45, 7) is 0.0976. The van der Waals surface area contributed by atoms with E-state index in [1.54, 1.807) is 0 Å². The highest BCUT2D eigenvalue weighted by atomic mass is 16.6. The van der Waals surface area contributed by atoms with Gasteiger partial charge in [-0.05, 0) is 0 Å². The molecule has 24 heavy (non-hydrogen) atoms. The van der Waals surface area contributed by atoms with E-state index < -0.39 is 38.5 Å². The summed E-state index contributed by atoms with van der Waals surface area (Å²) in [6, 6.07) is 2.58. The second kappa shape index (κ2) is 6.44. The minimum atomic E-state index is -0.992. The van der Waals surface area contributed by atoms with Gasteiger partial charge in [-0.15, -0.1) is 0 Å². The Morgan fingerprint density at radius 3 is 2.50 bits per heavy atom. The van der Waals surface area contributed by atoms with Crippen molar-refractivity contribution in [1.82, 2.24) is 0 Å². The van der Waals surface area contributed by atoms with Crippen molar-refractivity contribution in [3.05, 3.63) is 26.3 Å². The van der Waals surface area contributed by atoms with Crippen molar-refractivity contribution < 1.29 is 19.3 Å². The minimum absolute atomic E-state index is 0.00115. The van der Waals surface area contributed by atoms with E-state index in [9.17, 15) is 20.2 Å². The van der Waals surface area contributed by atoms with E-state index in [1.807, 2.05) is 0 Å². The highest BCUT2D eigenvalue weighted by Crippen LogP contribution is 2.49. The van der Waals surface area contributed by atoms with Gasteiger partial charge in [0.1, 0.15) is 25.0 Å². The van der Waals surface area contributed by atoms with Gasteiger partial charge in [0.15, 0.2) is 11.6 Å². The van der Waals surface area contributed by atoms with Crippen molar-refractivity contribution in [3.63, 3.8) is 0 Å². The lowest BCUT2D eigenvalue weighted by atomic mass is 10.2. The zero-order valence-corrected chi connectivity index (χ0v) is 11.8. The quantitative estimate of drug-likeness (QED) is 0.296. The molecule has 0 spiro atoms. The van der Waals surface area contributed by atoms with E-state index in [0.717, 1.165) is 6.07 Å². The van der Waals surface area contributed by atoms with Crippen LogP contribution in [0.15, 0.2) is 11.2 Å². The molecule has 13 heteroatoms. The summed E-state index contributed by atoms with van der Waals surface area (Å²) in [5.41, 5.74) is 4.44. The average Bonchev–Trinajstić information content (AvgIpc) is 2.53. The molecule has 13 nitrogen and oxygen atoms in total. The van der Waals surface area contributed by atoms with Crippen LogP contribution in [-0.4, -0.2) is 34.6 Å². The van der Waals surface area contributed by atoms with Crippen molar-refractivity contribution in [2.24, 2.45) is 10.8 Å². The maximum absolute atomic E-state index is 11.3. The van der Waals surface area contributed by atoms with Crippen molar-refractivity contribution >= 4 is 28.6 Å². The predicted molar refractivity (Wildman–Crippen MR) is 79.3 cm³/mol. The highest BCUT2D eigenvalue weighted by Gasteiger charge is 2.38. The van der Waals surface area contributed by atoms with E-state index in [0.29, 0.717) is 0 Å². The van der Waals surface area contributed by atoms with Crippen LogP contribution >= 0.6 is 0 Å².